The summed E-state index contributed by atoms with van der Waals surface area (Å²) in [7, 11) is 3.27. The Bertz CT molecular complexity index is 1020. The van der Waals surface area contributed by atoms with Gasteiger partial charge in [-0.05, 0) is 72.7 Å². The Morgan fingerprint density at radius 3 is 2.33 bits per heavy atom. The first kappa shape index (κ1) is 23.2. The number of benzene rings is 2. The predicted molar refractivity (Wildman–Crippen MR) is 134 cm³/mol. The molecule has 2 aromatic carbocycles. The Labute approximate surface area is 204 Å². The summed E-state index contributed by atoms with van der Waals surface area (Å²) in [5.74, 6) is 2.99. The number of fused-ring (bicyclic) bond motifs is 1. The standard InChI is InChI=1S/C23H28N4O4S2/c1-28-18-6-4-16(12-20(18)29-2)8-9-24-22(32)26-10-3-11-27(26)23(33)25-14-17-5-7-19-21(13-17)31-15-30-19/h4-7,12-13H,3,8-11,14-15H2,1-2H3,(H,24,32)(H,25,33). The van der Waals surface area contributed by atoms with Gasteiger partial charge in [0.1, 0.15) is 0 Å². The largest absolute Gasteiger partial charge is 0.493 e. The fourth-order valence-electron chi connectivity index (χ4n) is 3.80. The summed E-state index contributed by atoms with van der Waals surface area (Å²) < 4.78 is 21.5. The van der Waals surface area contributed by atoms with E-state index in [1.165, 1.54) is 0 Å². The fourth-order valence-corrected chi connectivity index (χ4v) is 4.35. The lowest BCUT2D eigenvalue weighted by Crippen LogP contribution is -2.52. The second-order valence-corrected chi connectivity index (χ2v) is 8.39. The number of rotatable bonds is 7. The van der Waals surface area contributed by atoms with Gasteiger partial charge in [0, 0.05) is 26.2 Å². The lowest BCUT2D eigenvalue weighted by atomic mass is 10.1. The molecule has 0 spiro atoms. The van der Waals surface area contributed by atoms with Crippen LogP contribution in [0.15, 0.2) is 36.4 Å². The van der Waals surface area contributed by atoms with Crippen molar-refractivity contribution in [3.05, 3.63) is 47.5 Å². The van der Waals surface area contributed by atoms with Crippen LogP contribution in [-0.2, 0) is 13.0 Å². The van der Waals surface area contributed by atoms with Gasteiger partial charge in [-0.1, -0.05) is 12.1 Å². The number of nitrogens with one attached hydrogen (secondary N) is 2. The van der Waals surface area contributed by atoms with Crippen LogP contribution in [0.4, 0.5) is 0 Å². The molecular weight excluding hydrogens is 460 g/mol. The van der Waals surface area contributed by atoms with E-state index in [9.17, 15) is 0 Å². The maximum absolute atomic E-state index is 5.66. The van der Waals surface area contributed by atoms with Gasteiger partial charge >= 0.3 is 0 Å². The van der Waals surface area contributed by atoms with Crippen molar-refractivity contribution in [1.29, 1.82) is 0 Å². The van der Waals surface area contributed by atoms with E-state index in [0.29, 0.717) is 23.3 Å². The third-order valence-electron chi connectivity index (χ3n) is 5.52. The van der Waals surface area contributed by atoms with E-state index in [1.807, 2.05) is 46.4 Å². The van der Waals surface area contributed by atoms with Crippen LogP contribution in [-0.4, -0.2) is 60.9 Å². The van der Waals surface area contributed by atoms with Crippen molar-refractivity contribution < 1.29 is 18.9 Å². The van der Waals surface area contributed by atoms with Gasteiger partial charge in [0.2, 0.25) is 6.79 Å². The van der Waals surface area contributed by atoms with Crippen LogP contribution in [0.1, 0.15) is 17.5 Å². The molecule has 1 fully saturated rings. The molecule has 2 heterocycles. The molecule has 176 valence electrons. The molecule has 0 radical (unpaired) electrons. The van der Waals surface area contributed by atoms with Crippen LogP contribution < -0.4 is 29.6 Å². The number of nitrogens with zero attached hydrogens (tertiary/aromatic N) is 2. The van der Waals surface area contributed by atoms with E-state index in [-0.39, 0.29) is 6.79 Å². The Morgan fingerprint density at radius 1 is 0.879 bits per heavy atom. The van der Waals surface area contributed by atoms with Gasteiger partial charge in [0.05, 0.1) is 14.2 Å². The molecule has 4 rings (SSSR count). The molecule has 0 aromatic heterocycles. The molecule has 8 nitrogen and oxygen atoms in total. The monoisotopic (exact) mass is 488 g/mol. The quantitative estimate of drug-likeness (QED) is 0.569. The van der Waals surface area contributed by atoms with Crippen LogP contribution in [0.25, 0.3) is 0 Å². The van der Waals surface area contributed by atoms with Crippen molar-refractivity contribution in [2.24, 2.45) is 0 Å². The molecular formula is C23H28N4O4S2. The topological polar surface area (TPSA) is 67.5 Å². The van der Waals surface area contributed by atoms with Gasteiger partial charge < -0.3 is 29.6 Å². The molecule has 0 aliphatic carbocycles. The number of methoxy groups -OCH3 is 2. The molecule has 33 heavy (non-hydrogen) atoms. The van der Waals surface area contributed by atoms with Crippen molar-refractivity contribution in [2.75, 3.05) is 40.6 Å². The molecule has 2 aromatic rings. The van der Waals surface area contributed by atoms with Crippen LogP contribution in [0, 0.1) is 0 Å². The van der Waals surface area contributed by atoms with E-state index in [4.69, 9.17) is 43.4 Å². The van der Waals surface area contributed by atoms with E-state index in [1.54, 1.807) is 14.2 Å². The minimum absolute atomic E-state index is 0.268. The normalized spacial score (nSPS) is 14.2. The molecule has 10 heteroatoms. The second kappa shape index (κ2) is 10.8. The van der Waals surface area contributed by atoms with E-state index >= 15 is 0 Å². The zero-order valence-electron chi connectivity index (χ0n) is 18.8. The fraction of sp³-hybridized carbons (Fsp3) is 0.391. The second-order valence-electron chi connectivity index (χ2n) is 7.62. The Kier molecular flexibility index (Phi) is 7.56. The highest BCUT2D eigenvalue weighted by molar-refractivity contribution is 7.80. The van der Waals surface area contributed by atoms with Crippen molar-refractivity contribution in [3.8, 4) is 23.0 Å². The molecule has 0 saturated carbocycles. The Hall–Kier alpha value is -2.98. The predicted octanol–water partition coefficient (Wildman–Crippen LogP) is 2.85. The third-order valence-corrected chi connectivity index (χ3v) is 6.23. The lowest BCUT2D eigenvalue weighted by Gasteiger charge is -2.32. The lowest BCUT2D eigenvalue weighted by molar-refractivity contribution is 0.174. The SMILES string of the molecule is COc1ccc(CCNC(=S)N2CCCN2C(=S)NCc2ccc3c(c2)OCO3)cc1OC. The van der Waals surface area contributed by atoms with Crippen LogP contribution >= 0.6 is 24.4 Å². The van der Waals surface area contributed by atoms with E-state index < -0.39 is 0 Å². The number of thiocarbonyl (C=S) groups is 2. The maximum Gasteiger partial charge on any atom is 0.231 e. The van der Waals surface area contributed by atoms with Gasteiger partial charge in [0.15, 0.2) is 33.2 Å². The first-order valence-corrected chi connectivity index (χ1v) is 11.6. The average Bonchev–Trinajstić information content (AvgIpc) is 3.51. The molecule has 2 N–H and O–H groups in total. The van der Waals surface area contributed by atoms with Crippen LogP contribution in [0.2, 0.25) is 0 Å². The zero-order valence-corrected chi connectivity index (χ0v) is 20.4. The smallest absolute Gasteiger partial charge is 0.231 e. The van der Waals surface area contributed by atoms with Gasteiger partial charge in [0.25, 0.3) is 0 Å². The molecule has 0 unspecified atom stereocenters. The van der Waals surface area contributed by atoms with Crippen LogP contribution in [0.3, 0.4) is 0 Å². The van der Waals surface area contributed by atoms with Crippen LogP contribution in [0.5, 0.6) is 23.0 Å². The van der Waals surface area contributed by atoms with Crippen molar-refractivity contribution in [1.82, 2.24) is 20.7 Å². The number of hydrogen-bond acceptors (Lipinski definition) is 6. The van der Waals surface area contributed by atoms with Gasteiger partial charge in [-0.15, -0.1) is 0 Å². The van der Waals surface area contributed by atoms with Gasteiger partial charge in [-0.25, -0.2) is 0 Å². The Morgan fingerprint density at radius 2 is 1.58 bits per heavy atom. The van der Waals surface area contributed by atoms with Gasteiger partial charge in [-0.2, -0.15) is 0 Å². The number of ether oxygens (including phenoxy) is 4. The minimum atomic E-state index is 0.268. The van der Waals surface area contributed by atoms with Crippen molar-refractivity contribution >= 4 is 34.7 Å². The van der Waals surface area contributed by atoms with E-state index in [0.717, 1.165) is 60.1 Å². The highest BCUT2D eigenvalue weighted by Crippen LogP contribution is 2.32. The molecule has 2 aliphatic rings. The first-order chi connectivity index (χ1) is 16.1. The summed E-state index contributed by atoms with van der Waals surface area (Å²) in [6, 6.07) is 11.8. The summed E-state index contributed by atoms with van der Waals surface area (Å²) in [5, 5.41) is 12.0. The number of hydrogen-bond donors (Lipinski definition) is 2. The number of hydrazine groups is 1. The van der Waals surface area contributed by atoms with E-state index in [2.05, 4.69) is 10.6 Å². The maximum atomic E-state index is 5.66. The minimum Gasteiger partial charge on any atom is -0.493 e. The molecule has 1 saturated heterocycles. The molecule has 2 aliphatic heterocycles. The zero-order chi connectivity index (χ0) is 23.2. The summed E-state index contributed by atoms with van der Waals surface area (Å²) in [6.45, 7) is 3.22. The Balaban J connectivity index is 1.26. The highest BCUT2D eigenvalue weighted by atomic mass is 32.1. The van der Waals surface area contributed by atoms with Crippen molar-refractivity contribution in [3.63, 3.8) is 0 Å². The molecule has 0 amide bonds. The summed E-state index contributed by atoms with van der Waals surface area (Å²) >= 11 is 11.3. The third kappa shape index (κ3) is 5.51. The first-order valence-electron chi connectivity index (χ1n) is 10.8. The highest BCUT2D eigenvalue weighted by Gasteiger charge is 2.26. The average molecular weight is 489 g/mol. The summed E-state index contributed by atoms with van der Waals surface area (Å²) in [6.07, 6.45) is 1.80. The molecule has 0 atom stereocenters. The molecule has 0 bridgehead atoms. The van der Waals surface area contributed by atoms with Crippen molar-refractivity contribution in [2.45, 2.75) is 19.4 Å². The summed E-state index contributed by atoms with van der Waals surface area (Å²) in [4.78, 5) is 0. The van der Waals surface area contributed by atoms with Gasteiger partial charge in [-0.3, -0.25) is 10.0 Å². The summed E-state index contributed by atoms with van der Waals surface area (Å²) in [5.41, 5.74) is 2.21.